The van der Waals surface area contributed by atoms with Gasteiger partial charge in [-0.2, -0.15) is 0 Å². The highest BCUT2D eigenvalue weighted by Gasteiger charge is 2.10. The van der Waals surface area contributed by atoms with Crippen LogP contribution in [0.1, 0.15) is 17.2 Å². The van der Waals surface area contributed by atoms with Crippen molar-refractivity contribution in [2.45, 2.75) is 13.0 Å². The third kappa shape index (κ3) is 3.55. The van der Waals surface area contributed by atoms with Gasteiger partial charge in [0.15, 0.2) is 0 Å². The van der Waals surface area contributed by atoms with E-state index in [1.807, 2.05) is 6.92 Å². The molecule has 0 aromatic heterocycles. The fourth-order valence-electron chi connectivity index (χ4n) is 1.88. The van der Waals surface area contributed by atoms with Crippen LogP contribution in [0.4, 0.5) is 14.5 Å². The molecule has 0 aliphatic rings. The molecule has 0 saturated carbocycles. The van der Waals surface area contributed by atoms with Crippen LogP contribution in [0.25, 0.3) is 0 Å². The summed E-state index contributed by atoms with van der Waals surface area (Å²) in [5.41, 5.74) is 1.93. The van der Waals surface area contributed by atoms with E-state index in [1.165, 1.54) is 18.2 Å². The Morgan fingerprint density at radius 2 is 2.00 bits per heavy atom. The Hall–Kier alpha value is -1.46. The van der Waals surface area contributed by atoms with Gasteiger partial charge in [-0.3, -0.25) is 0 Å². The van der Waals surface area contributed by atoms with Gasteiger partial charge in [0.05, 0.1) is 10.6 Å². The molecule has 20 heavy (non-hydrogen) atoms. The predicted octanol–water partition coefficient (Wildman–Crippen LogP) is 4.18. The Balaban J connectivity index is 2.07. The Kier molecular flexibility index (Phi) is 4.73. The summed E-state index contributed by atoms with van der Waals surface area (Å²) in [4.78, 5) is 0. The maximum Gasteiger partial charge on any atom is 0.139 e. The van der Waals surface area contributed by atoms with Crippen molar-refractivity contribution in [2.75, 3.05) is 11.9 Å². The van der Waals surface area contributed by atoms with E-state index in [4.69, 9.17) is 0 Å². The predicted molar refractivity (Wildman–Crippen MR) is 78.7 cm³/mol. The molecule has 2 aromatic carbocycles. The van der Waals surface area contributed by atoms with Gasteiger partial charge in [0.25, 0.3) is 0 Å². The molecule has 0 radical (unpaired) electrons. The van der Waals surface area contributed by atoms with Crippen LogP contribution in [-0.2, 0) is 0 Å². The molecule has 0 saturated heterocycles. The minimum atomic E-state index is -0.864. The SMILES string of the molecule is Cc1cc(Br)c(F)cc1NCC(O)c1cccc(F)c1. The second-order valence-corrected chi connectivity index (χ2v) is 5.39. The summed E-state index contributed by atoms with van der Waals surface area (Å²) >= 11 is 3.11. The van der Waals surface area contributed by atoms with Crippen molar-refractivity contribution in [3.63, 3.8) is 0 Å². The number of halogens is 3. The molecule has 2 nitrogen and oxygen atoms in total. The van der Waals surface area contributed by atoms with Gasteiger partial charge >= 0.3 is 0 Å². The molecule has 2 aromatic rings. The molecule has 106 valence electrons. The van der Waals surface area contributed by atoms with Crippen molar-refractivity contribution in [3.05, 3.63) is 63.6 Å². The van der Waals surface area contributed by atoms with Crippen LogP contribution in [0.5, 0.6) is 0 Å². The highest BCUT2D eigenvalue weighted by atomic mass is 79.9. The number of hydrogen-bond acceptors (Lipinski definition) is 2. The minimum Gasteiger partial charge on any atom is -0.387 e. The summed E-state index contributed by atoms with van der Waals surface area (Å²) in [5, 5.41) is 13.0. The van der Waals surface area contributed by atoms with Crippen LogP contribution in [0.2, 0.25) is 0 Å². The number of benzene rings is 2. The second-order valence-electron chi connectivity index (χ2n) is 4.53. The lowest BCUT2D eigenvalue weighted by Crippen LogP contribution is -2.13. The molecule has 0 aliphatic heterocycles. The topological polar surface area (TPSA) is 32.3 Å². The summed E-state index contributed by atoms with van der Waals surface area (Å²) in [5.74, 6) is -0.772. The average Bonchev–Trinajstić information content (AvgIpc) is 2.41. The Morgan fingerprint density at radius 1 is 1.25 bits per heavy atom. The Bertz CT molecular complexity index is 619. The summed E-state index contributed by atoms with van der Waals surface area (Å²) in [6, 6.07) is 8.80. The van der Waals surface area contributed by atoms with Crippen molar-refractivity contribution in [3.8, 4) is 0 Å². The molecule has 0 aliphatic carbocycles. The maximum absolute atomic E-state index is 13.5. The van der Waals surface area contributed by atoms with Crippen LogP contribution in [-0.4, -0.2) is 11.7 Å². The fourth-order valence-corrected chi connectivity index (χ4v) is 2.33. The van der Waals surface area contributed by atoms with Crippen molar-refractivity contribution in [2.24, 2.45) is 0 Å². The lowest BCUT2D eigenvalue weighted by Gasteiger charge is -2.15. The fraction of sp³-hybridized carbons (Fsp3) is 0.200. The lowest BCUT2D eigenvalue weighted by atomic mass is 10.1. The highest BCUT2D eigenvalue weighted by molar-refractivity contribution is 9.10. The van der Waals surface area contributed by atoms with Crippen molar-refractivity contribution < 1.29 is 13.9 Å². The number of aliphatic hydroxyl groups is 1. The molecule has 0 bridgehead atoms. The average molecular weight is 342 g/mol. The summed E-state index contributed by atoms with van der Waals surface area (Å²) in [6.07, 6.45) is -0.864. The van der Waals surface area contributed by atoms with Crippen LogP contribution in [0.3, 0.4) is 0 Å². The molecule has 5 heteroatoms. The second kappa shape index (κ2) is 6.33. The van der Waals surface area contributed by atoms with E-state index in [2.05, 4.69) is 21.2 Å². The van der Waals surface area contributed by atoms with E-state index in [9.17, 15) is 13.9 Å². The summed E-state index contributed by atoms with van der Waals surface area (Å²) < 4.78 is 26.9. The summed E-state index contributed by atoms with van der Waals surface area (Å²) in [7, 11) is 0. The number of aliphatic hydroxyl groups excluding tert-OH is 1. The van der Waals surface area contributed by atoms with Crippen molar-refractivity contribution in [1.82, 2.24) is 0 Å². The van der Waals surface area contributed by atoms with Crippen LogP contribution < -0.4 is 5.32 Å². The monoisotopic (exact) mass is 341 g/mol. The molecular weight excluding hydrogens is 328 g/mol. The van der Waals surface area contributed by atoms with Gasteiger partial charge in [0, 0.05) is 12.2 Å². The van der Waals surface area contributed by atoms with Crippen LogP contribution in [0.15, 0.2) is 40.9 Å². The van der Waals surface area contributed by atoms with Gasteiger partial charge < -0.3 is 10.4 Å². The Morgan fingerprint density at radius 3 is 2.70 bits per heavy atom. The molecule has 0 amide bonds. The first-order chi connectivity index (χ1) is 9.47. The van der Waals surface area contributed by atoms with E-state index >= 15 is 0 Å². The van der Waals surface area contributed by atoms with Gasteiger partial charge in [-0.15, -0.1) is 0 Å². The first-order valence-electron chi connectivity index (χ1n) is 6.10. The highest BCUT2D eigenvalue weighted by Crippen LogP contribution is 2.24. The molecule has 2 rings (SSSR count). The maximum atomic E-state index is 13.5. The number of anilines is 1. The first-order valence-corrected chi connectivity index (χ1v) is 6.89. The van der Waals surface area contributed by atoms with Crippen molar-refractivity contribution in [1.29, 1.82) is 0 Å². The zero-order valence-corrected chi connectivity index (χ0v) is 12.4. The van der Waals surface area contributed by atoms with Gasteiger partial charge in [0.2, 0.25) is 0 Å². The standard InChI is InChI=1S/C15H14BrF2NO/c1-9-5-12(16)13(18)7-14(9)19-8-15(20)10-3-2-4-11(17)6-10/h2-7,15,19-20H,8H2,1H3. The largest absolute Gasteiger partial charge is 0.387 e. The third-order valence-corrected chi connectivity index (χ3v) is 3.59. The zero-order valence-electron chi connectivity index (χ0n) is 10.8. The van der Waals surface area contributed by atoms with Crippen molar-refractivity contribution >= 4 is 21.6 Å². The number of nitrogens with one attached hydrogen (secondary N) is 1. The van der Waals surface area contributed by atoms with E-state index in [0.717, 1.165) is 5.56 Å². The lowest BCUT2D eigenvalue weighted by molar-refractivity contribution is 0.191. The Labute approximate surface area is 124 Å². The van der Waals surface area contributed by atoms with E-state index in [1.54, 1.807) is 18.2 Å². The molecule has 1 unspecified atom stereocenters. The number of hydrogen-bond donors (Lipinski definition) is 2. The van der Waals surface area contributed by atoms with Crippen LogP contribution in [0, 0.1) is 18.6 Å². The zero-order chi connectivity index (χ0) is 14.7. The van der Waals surface area contributed by atoms with E-state index < -0.39 is 11.9 Å². The molecule has 0 spiro atoms. The normalized spacial score (nSPS) is 12.2. The first kappa shape index (κ1) is 14.9. The molecule has 0 heterocycles. The number of rotatable bonds is 4. The van der Waals surface area contributed by atoms with E-state index in [-0.39, 0.29) is 12.4 Å². The van der Waals surface area contributed by atoms with Gasteiger partial charge in [0.1, 0.15) is 11.6 Å². The van der Waals surface area contributed by atoms with Gasteiger partial charge in [-0.25, -0.2) is 8.78 Å². The molecular formula is C15H14BrF2NO. The van der Waals surface area contributed by atoms with Gasteiger partial charge in [-0.1, -0.05) is 12.1 Å². The quantitative estimate of drug-likeness (QED) is 0.874. The van der Waals surface area contributed by atoms with Crippen LogP contribution >= 0.6 is 15.9 Å². The molecule has 1 atom stereocenters. The third-order valence-electron chi connectivity index (χ3n) is 2.99. The minimum absolute atomic E-state index is 0.172. The summed E-state index contributed by atoms with van der Waals surface area (Å²) in [6.45, 7) is 2.01. The van der Waals surface area contributed by atoms with E-state index in [0.29, 0.717) is 15.7 Å². The smallest absolute Gasteiger partial charge is 0.139 e. The van der Waals surface area contributed by atoms with Gasteiger partial charge in [-0.05, 0) is 58.2 Å². The number of aryl methyl sites for hydroxylation is 1. The molecule has 2 N–H and O–H groups in total. The molecule has 0 fully saturated rings.